The smallest absolute Gasteiger partial charge is 0.303 e. The standard InChI is InChI=1S/C13H15Cl2NO3/c1-8(2-5-13(18)19)16-12(17)7-9-3-4-10(14)11(15)6-9/h3-4,6,8H,2,5,7H2,1H3,(H,16,17)(H,18,19). The summed E-state index contributed by atoms with van der Waals surface area (Å²) < 4.78 is 0. The Morgan fingerprint density at radius 1 is 1.32 bits per heavy atom. The van der Waals surface area contributed by atoms with Crippen molar-refractivity contribution in [3.05, 3.63) is 33.8 Å². The Kier molecular flexibility index (Phi) is 6.12. The Balaban J connectivity index is 2.46. The number of nitrogens with one attached hydrogen (secondary N) is 1. The second kappa shape index (κ2) is 7.36. The molecule has 1 rings (SSSR count). The summed E-state index contributed by atoms with van der Waals surface area (Å²) in [7, 11) is 0. The van der Waals surface area contributed by atoms with Gasteiger partial charge in [0.2, 0.25) is 5.91 Å². The van der Waals surface area contributed by atoms with E-state index in [1.54, 1.807) is 25.1 Å². The van der Waals surface area contributed by atoms with E-state index in [4.69, 9.17) is 28.3 Å². The third-order valence-corrected chi connectivity index (χ3v) is 3.29. The maximum Gasteiger partial charge on any atom is 0.303 e. The van der Waals surface area contributed by atoms with Gasteiger partial charge in [0.1, 0.15) is 0 Å². The van der Waals surface area contributed by atoms with Gasteiger partial charge in [-0.3, -0.25) is 9.59 Å². The predicted molar refractivity (Wildman–Crippen MR) is 74.6 cm³/mol. The fraction of sp³-hybridized carbons (Fsp3) is 0.385. The maximum atomic E-state index is 11.7. The molecule has 1 amide bonds. The van der Waals surface area contributed by atoms with E-state index in [1.165, 1.54) is 0 Å². The van der Waals surface area contributed by atoms with Crippen LogP contribution in [-0.4, -0.2) is 23.0 Å². The molecule has 0 saturated carbocycles. The second-order valence-corrected chi connectivity index (χ2v) is 5.14. The molecule has 19 heavy (non-hydrogen) atoms. The van der Waals surface area contributed by atoms with Gasteiger partial charge < -0.3 is 10.4 Å². The number of benzene rings is 1. The molecule has 1 aromatic rings. The minimum Gasteiger partial charge on any atom is -0.481 e. The molecule has 104 valence electrons. The monoisotopic (exact) mass is 303 g/mol. The molecule has 0 aliphatic heterocycles. The summed E-state index contributed by atoms with van der Waals surface area (Å²) in [6.07, 6.45) is 0.630. The molecule has 0 spiro atoms. The number of hydrogen-bond acceptors (Lipinski definition) is 2. The molecule has 0 aromatic heterocycles. The average molecular weight is 304 g/mol. The largest absolute Gasteiger partial charge is 0.481 e. The number of rotatable bonds is 6. The van der Waals surface area contributed by atoms with Gasteiger partial charge in [-0.2, -0.15) is 0 Å². The third kappa shape index (κ3) is 5.94. The lowest BCUT2D eigenvalue weighted by Gasteiger charge is -2.12. The summed E-state index contributed by atoms with van der Waals surface area (Å²) in [5, 5.41) is 12.1. The number of aliphatic carboxylic acids is 1. The van der Waals surface area contributed by atoms with Crippen molar-refractivity contribution >= 4 is 35.1 Å². The number of hydrogen-bond donors (Lipinski definition) is 2. The number of halogens is 2. The first-order valence-corrected chi connectivity index (χ1v) is 6.59. The quantitative estimate of drug-likeness (QED) is 0.849. The highest BCUT2D eigenvalue weighted by Crippen LogP contribution is 2.22. The van der Waals surface area contributed by atoms with Crippen molar-refractivity contribution in [1.82, 2.24) is 5.32 Å². The van der Waals surface area contributed by atoms with Crippen LogP contribution in [-0.2, 0) is 16.0 Å². The second-order valence-electron chi connectivity index (χ2n) is 4.33. The van der Waals surface area contributed by atoms with Crippen LogP contribution in [0.3, 0.4) is 0 Å². The summed E-state index contributed by atoms with van der Waals surface area (Å²) in [4.78, 5) is 22.1. The van der Waals surface area contributed by atoms with Crippen LogP contribution in [0.4, 0.5) is 0 Å². The molecule has 0 heterocycles. The molecule has 4 nitrogen and oxygen atoms in total. The number of carboxylic acids is 1. The SMILES string of the molecule is CC(CCC(=O)O)NC(=O)Cc1ccc(Cl)c(Cl)c1. The van der Waals surface area contributed by atoms with Crippen molar-refractivity contribution < 1.29 is 14.7 Å². The molecular weight excluding hydrogens is 289 g/mol. The third-order valence-electron chi connectivity index (χ3n) is 2.55. The predicted octanol–water partition coefficient (Wildman–Crippen LogP) is 2.91. The highest BCUT2D eigenvalue weighted by Gasteiger charge is 2.10. The molecule has 0 bridgehead atoms. The first-order chi connectivity index (χ1) is 8.88. The van der Waals surface area contributed by atoms with Crippen LogP contribution in [0, 0.1) is 0 Å². The first kappa shape index (κ1) is 15.8. The maximum absolute atomic E-state index is 11.7. The van der Waals surface area contributed by atoms with E-state index in [0.717, 1.165) is 5.56 Å². The van der Waals surface area contributed by atoms with Gasteiger partial charge in [0.15, 0.2) is 0 Å². The van der Waals surface area contributed by atoms with Gasteiger partial charge in [-0.15, -0.1) is 0 Å². The fourth-order valence-corrected chi connectivity index (χ4v) is 1.89. The summed E-state index contributed by atoms with van der Waals surface area (Å²) in [5.41, 5.74) is 0.761. The Hall–Kier alpha value is -1.26. The van der Waals surface area contributed by atoms with Crippen LogP contribution in [0.15, 0.2) is 18.2 Å². The van der Waals surface area contributed by atoms with E-state index in [9.17, 15) is 9.59 Å². The van der Waals surface area contributed by atoms with E-state index in [1.807, 2.05) is 0 Å². The molecular formula is C13H15Cl2NO3. The van der Waals surface area contributed by atoms with Crippen LogP contribution < -0.4 is 5.32 Å². The van der Waals surface area contributed by atoms with Crippen molar-refractivity contribution in [2.45, 2.75) is 32.2 Å². The fourth-order valence-electron chi connectivity index (χ4n) is 1.57. The normalized spacial score (nSPS) is 11.9. The zero-order valence-electron chi connectivity index (χ0n) is 10.5. The van der Waals surface area contributed by atoms with Crippen molar-refractivity contribution in [2.24, 2.45) is 0 Å². The lowest BCUT2D eigenvalue weighted by Crippen LogP contribution is -2.34. The van der Waals surface area contributed by atoms with Crippen LogP contribution in [0.25, 0.3) is 0 Å². The molecule has 0 aliphatic rings. The Morgan fingerprint density at radius 2 is 2.00 bits per heavy atom. The molecule has 1 aromatic carbocycles. The zero-order valence-corrected chi connectivity index (χ0v) is 12.0. The molecule has 0 saturated heterocycles. The minimum atomic E-state index is -0.870. The van der Waals surface area contributed by atoms with Crippen molar-refractivity contribution in [1.29, 1.82) is 0 Å². The first-order valence-electron chi connectivity index (χ1n) is 5.83. The van der Waals surface area contributed by atoms with Gasteiger partial charge >= 0.3 is 5.97 Å². The molecule has 2 N–H and O–H groups in total. The van der Waals surface area contributed by atoms with E-state index >= 15 is 0 Å². The van der Waals surface area contributed by atoms with Crippen LogP contribution in [0.2, 0.25) is 10.0 Å². The molecule has 1 unspecified atom stereocenters. The van der Waals surface area contributed by atoms with Crippen LogP contribution in [0.5, 0.6) is 0 Å². The van der Waals surface area contributed by atoms with Gasteiger partial charge in [0, 0.05) is 12.5 Å². The zero-order chi connectivity index (χ0) is 14.4. The lowest BCUT2D eigenvalue weighted by molar-refractivity contribution is -0.137. The highest BCUT2D eigenvalue weighted by atomic mass is 35.5. The van der Waals surface area contributed by atoms with E-state index < -0.39 is 5.97 Å². The van der Waals surface area contributed by atoms with Gasteiger partial charge in [-0.25, -0.2) is 0 Å². The van der Waals surface area contributed by atoms with Crippen molar-refractivity contribution in [3.8, 4) is 0 Å². The van der Waals surface area contributed by atoms with Gasteiger partial charge in [0.25, 0.3) is 0 Å². The molecule has 0 aliphatic carbocycles. The number of amides is 1. The summed E-state index contributed by atoms with van der Waals surface area (Å²) >= 11 is 11.6. The van der Waals surface area contributed by atoms with Gasteiger partial charge in [0.05, 0.1) is 16.5 Å². The summed E-state index contributed by atoms with van der Waals surface area (Å²) in [6, 6.07) is 4.84. The number of carbonyl (C=O) groups is 2. The van der Waals surface area contributed by atoms with Crippen molar-refractivity contribution in [3.63, 3.8) is 0 Å². The number of carbonyl (C=O) groups excluding carboxylic acids is 1. The highest BCUT2D eigenvalue weighted by molar-refractivity contribution is 6.42. The topological polar surface area (TPSA) is 66.4 Å². The molecule has 0 radical (unpaired) electrons. The molecule has 1 atom stereocenters. The minimum absolute atomic E-state index is 0.0359. The molecule has 6 heteroatoms. The van der Waals surface area contributed by atoms with E-state index in [-0.39, 0.29) is 24.8 Å². The van der Waals surface area contributed by atoms with Gasteiger partial charge in [-0.1, -0.05) is 29.3 Å². The lowest BCUT2D eigenvalue weighted by atomic mass is 10.1. The van der Waals surface area contributed by atoms with Crippen molar-refractivity contribution in [2.75, 3.05) is 0 Å². The van der Waals surface area contributed by atoms with E-state index in [0.29, 0.717) is 16.5 Å². The summed E-state index contributed by atoms with van der Waals surface area (Å²) in [5.74, 6) is -1.04. The average Bonchev–Trinajstić information content (AvgIpc) is 2.31. The Morgan fingerprint density at radius 3 is 2.58 bits per heavy atom. The number of carboxylic acid groups (broad SMARTS) is 1. The van der Waals surface area contributed by atoms with Crippen LogP contribution in [0.1, 0.15) is 25.3 Å². The van der Waals surface area contributed by atoms with E-state index in [2.05, 4.69) is 5.32 Å². The van der Waals surface area contributed by atoms with Gasteiger partial charge in [-0.05, 0) is 31.0 Å². The van der Waals surface area contributed by atoms with Crippen LogP contribution >= 0.6 is 23.2 Å². The Bertz CT molecular complexity index is 477. The summed E-state index contributed by atoms with van der Waals surface area (Å²) in [6.45, 7) is 1.77. The Labute approximate surface area is 121 Å². The molecule has 0 fully saturated rings.